The van der Waals surface area contributed by atoms with Crippen LogP contribution in [0.2, 0.25) is 0 Å². The largest absolute Gasteiger partial charge is 0.360 e. The van der Waals surface area contributed by atoms with Crippen LogP contribution in [0.3, 0.4) is 0 Å². The average molecular weight is 404 g/mol. The van der Waals surface area contributed by atoms with Gasteiger partial charge in [0.25, 0.3) is 0 Å². The van der Waals surface area contributed by atoms with Crippen molar-refractivity contribution in [2.75, 3.05) is 31.5 Å². The molecule has 2 aromatic rings. The molecule has 4 rings (SSSR count). The standard InChI is InChI=1S/C19H24N4O4S/c1-13-18(14(2)27-21-13)28(25,26)23-10-8-22(9-11-23)19(24)20-17-7-6-15-4-3-5-16(15)12-17/h6-7,12H,3-5,8-11H2,1-2H3,(H,20,24). The molecule has 1 fully saturated rings. The van der Waals surface area contributed by atoms with Crippen LogP contribution in [-0.4, -0.2) is 55.0 Å². The zero-order chi connectivity index (χ0) is 19.9. The number of amides is 2. The van der Waals surface area contributed by atoms with Gasteiger partial charge in [0, 0.05) is 31.9 Å². The molecule has 2 aliphatic rings. The van der Waals surface area contributed by atoms with Crippen molar-refractivity contribution in [3.8, 4) is 0 Å². The first kappa shape index (κ1) is 18.9. The number of hydrogen-bond acceptors (Lipinski definition) is 5. The SMILES string of the molecule is Cc1noc(C)c1S(=O)(=O)N1CCN(C(=O)Nc2ccc3c(c2)CCC3)CC1. The van der Waals surface area contributed by atoms with Gasteiger partial charge in [0.15, 0.2) is 5.76 Å². The summed E-state index contributed by atoms with van der Waals surface area (Å²) in [4.78, 5) is 14.4. The third-order valence-corrected chi connectivity index (χ3v) is 7.59. The zero-order valence-electron chi connectivity index (χ0n) is 16.1. The minimum absolute atomic E-state index is 0.128. The number of aryl methyl sites for hydroxylation is 4. The average Bonchev–Trinajstić information content (AvgIpc) is 3.27. The first-order valence-corrected chi connectivity index (χ1v) is 10.9. The lowest BCUT2D eigenvalue weighted by atomic mass is 10.1. The van der Waals surface area contributed by atoms with Crippen molar-refractivity contribution in [1.82, 2.24) is 14.4 Å². The van der Waals surface area contributed by atoms with Crippen LogP contribution >= 0.6 is 0 Å². The molecule has 1 aliphatic carbocycles. The van der Waals surface area contributed by atoms with Gasteiger partial charge < -0.3 is 14.7 Å². The number of anilines is 1. The molecule has 2 amide bonds. The van der Waals surface area contributed by atoms with E-state index in [1.807, 2.05) is 12.1 Å². The number of carbonyl (C=O) groups excluding carboxylic acids is 1. The molecule has 1 aromatic heterocycles. The van der Waals surface area contributed by atoms with E-state index in [-0.39, 0.29) is 29.8 Å². The topological polar surface area (TPSA) is 95.8 Å². The van der Waals surface area contributed by atoms with Gasteiger partial charge >= 0.3 is 6.03 Å². The number of sulfonamides is 1. The Hall–Kier alpha value is -2.39. The highest BCUT2D eigenvalue weighted by molar-refractivity contribution is 7.89. The fraction of sp³-hybridized carbons (Fsp3) is 0.474. The van der Waals surface area contributed by atoms with Crippen LogP contribution in [0.1, 0.15) is 29.0 Å². The van der Waals surface area contributed by atoms with Crippen LogP contribution in [0.4, 0.5) is 10.5 Å². The Bertz CT molecular complexity index is 987. The summed E-state index contributed by atoms with van der Waals surface area (Å²) in [5.74, 6) is 0.286. The van der Waals surface area contributed by atoms with Gasteiger partial charge in [0.05, 0.1) is 0 Å². The number of piperazine rings is 1. The highest BCUT2D eigenvalue weighted by atomic mass is 32.2. The Morgan fingerprint density at radius 2 is 1.82 bits per heavy atom. The third-order valence-electron chi connectivity index (χ3n) is 5.44. The number of urea groups is 1. The molecule has 1 N–H and O–H groups in total. The van der Waals surface area contributed by atoms with Crippen LogP contribution in [0.25, 0.3) is 0 Å². The lowest BCUT2D eigenvalue weighted by Crippen LogP contribution is -2.51. The minimum atomic E-state index is -3.68. The number of carbonyl (C=O) groups is 1. The zero-order valence-corrected chi connectivity index (χ0v) is 16.9. The molecular weight excluding hydrogens is 380 g/mol. The predicted octanol–water partition coefficient (Wildman–Crippen LogP) is 2.32. The van der Waals surface area contributed by atoms with Gasteiger partial charge in [-0.25, -0.2) is 13.2 Å². The number of fused-ring (bicyclic) bond motifs is 1. The van der Waals surface area contributed by atoms with Crippen LogP contribution in [0.15, 0.2) is 27.6 Å². The number of hydrogen-bond donors (Lipinski definition) is 1. The summed E-state index contributed by atoms with van der Waals surface area (Å²) in [5.41, 5.74) is 3.80. The molecule has 0 saturated carbocycles. The van der Waals surface area contributed by atoms with Crippen molar-refractivity contribution in [2.24, 2.45) is 0 Å². The monoisotopic (exact) mass is 404 g/mol. The van der Waals surface area contributed by atoms with E-state index < -0.39 is 10.0 Å². The maximum absolute atomic E-state index is 12.9. The Kier molecular flexibility index (Phi) is 4.88. The molecule has 150 valence electrons. The Morgan fingerprint density at radius 1 is 1.11 bits per heavy atom. The predicted molar refractivity (Wildman–Crippen MR) is 104 cm³/mol. The van der Waals surface area contributed by atoms with E-state index in [2.05, 4.69) is 16.5 Å². The molecule has 28 heavy (non-hydrogen) atoms. The molecule has 1 saturated heterocycles. The van der Waals surface area contributed by atoms with Crippen molar-refractivity contribution in [1.29, 1.82) is 0 Å². The number of aromatic nitrogens is 1. The number of nitrogens with zero attached hydrogens (tertiary/aromatic N) is 3. The molecule has 0 radical (unpaired) electrons. The van der Waals surface area contributed by atoms with Gasteiger partial charge in [0.2, 0.25) is 10.0 Å². The van der Waals surface area contributed by atoms with E-state index in [0.717, 1.165) is 24.9 Å². The maximum Gasteiger partial charge on any atom is 0.321 e. The van der Waals surface area contributed by atoms with Crippen molar-refractivity contribution < 1.29 is 17.7 Å². The smallest absolute Gasteiger partial charge is 0.321 e. The summed E-state index contributed by atoms with van der Waals surface area (Å²) in [6.07, 6.45) is 3.32. The summed E-state index contributed by atoms with van der Waals surface area (Å²) in [6.45, 7) is 4.35. The third kappa shape index (κ3) is 3.40. The first-order valence-electron chi connectivity index (χ1n) is 9.47. The molecule has 0 bridgehead atoms. The maximum atomic E-state index is 12.9. The molecule has 2 heterocycles. The minimum Gasteiger partial charge on any atom is -0.360 e. The summed E-state index contributed by atoms with van der Waals surface area (Å²) in [7, 11) is -3.68. The van der Waals surface area contributed by atoms with E-state index in [4.69, 9.17) is 4.52 Å². The number of nitrogens with one attached hydrogen (secondary N) is 1. The first-order chi connectivity index (χ1) is 13.4. The molecule has 0 spiro atoms. The van der Waals surface area contributed by atoms with Gasteiger partial charge in [-0.15, -0.1) is 0 Å². The fourth-order valence-electron chi connectivity index (χ4n) is 3.96. The normalized spacial score (nSPS) is 17.6. The van der Waals surface area contributed by atoms with Gasteiger partial charge in [0.1, 0.15) is 10.6 Å². The van der Waals surface area contributed by atoms with Crippen LogP contribution in [0.5, 0.6) is 0 Å². The van der Waals surface area contributed by atoms with Gasteiger partial charge in [-0.1, -0.05) is 11.2 Å². The summed E-state index contributed by atoms with van der Waals surface area (Å²) in [6, 6.07) is 5.84. The molecule has 0 unspecified atom stereocenters. The second kappa shape index (κ2) is 7.21. The van der Waals surface area contributed by atoms with Crippen molar-refractivity contribution in [3.05, 3.63) is 40.8 Å². The molecular formula is C19H24N4O4S. The van der Waals surface area contributed by atoms with Crippen molar-refractivity contribution >= 4 is 21.7 Å². The van der Waals surface area contributed by atoms with Crippen molar-refractivity contribution in [3.63, 3.8) is 0 Å². The highest BCUT2D eigenvalue weighted by Crippen LogP contribution is 2.26. The quantitative estimate of drug-likeness (QED) is 0.847. The van der Waals surface area contributed by atoms with E-state index >= 15 is 0 Å². The van der Waals surface area contributed by atoms with Gasteiger partial charge in [-0.05, 0) is 56.4 Å². The summed E-state index contributed by atoms with van der Waals surface area (Å²) in [5, 5.41) is 6.67. The van der Waals surface area contributed by atoms with Gasteiger partial charge in [-0.3, -0.25) is 0 Å². The molecule has 8 nitrogen and oxygen atoms in total. The summed E-state index contributed by atoms with van der Waals surface area (Å²) >= 11 is 0. The van der Waals surface area contributed by atoms with E-state index in [9.17, 15) is 13.2 Å². The van der Waals surface area contributed by atoms with Crippen LogP contribution in [-0.2, 0) is 22.9 Å². The second-order valence-corrected chi connectivity index (χ2v) is 9.19. The van der Waals surface area contributed by atoms with E-state index in [0.29, 0.717) is 18.8 Å². The Balaban J connectivity index is 1.39. The lowest BCUT2D eigenvalue weighted by molar-refractivity contribution is 0.184. The Labute approximate surface area is 164 Å². The van der Waals surface area contributed by atoms with Crippen molar-refractivity contribution in [2.45, 2.75) is 38.0 Å². The van der Waals surface area contributed by atoms with Crippen LogP contribution < -0.4 is 5.32 Å². The number of rotatable bonds is 3. The van der Waals surface area contributed by atoms with E-state index in [1.54, 1.807) is 18.7 Å². The molecule has 1 aliphatic heterocycles. The van der Waals surface area contributed by atoms with E-state index in [1.165, 1.54) is 15.4 Å². The second-order valence-electron chi connectivity index (χ2n) is 7.31. The molecule has 9 heteroatoms. The highest BCUT2D eigenvalue weighted by Gasteiger charge is 2.34. The molecule has 1 aromatic carbocycles. The fourth-order valence-corrected chi connectivity index (χ4v) is 5.67. The summed E-state index contributed by atoms with van der Waals surface area (Å²) < 4.78 is 32.1. The van der Waals surface area contributed by atoms with Gasteiger partial charge in [-0.2, -0.15) is 4.31 Å². The number of benzene rings is 1. The Morgan fingerprint density at radius 3 is 2.50 bits per heavy atom. The molecule has 0 atom stereocenters. The lowest BCUT2D eigenvalue weighted by Gasteiger charge is -2.33. The van der Waals surface area contributed by atoms with Crippen LogP contribution in [0, 0.1) is 13.8 Å².